The van der Waals surface area contributed by atoms with Crippen LogP contribution in [0.4, 0.5) is 0 Å². The zero-order valence-corrected chi connectivity index (χ0v) is 10.4. The normalized spacial score (nSPS) is 28.3. The standard InChI is InChI=1S/C12H23ClO/c1-4-12(5-2,9-13)8-11-7-6-10(3)14-11/h10-11H,4-9H2,1-3H3. The zero-order chi connectivity index (χ0) is 10.6. The fraction of sp³-hybridized carbons (Fsp3) is 1.00. The minimum Gasteiger partial charge on any atom is -0.375 e. The zero-order valence-electron chi connectivity index (χ0n) is 9.68. The van der Waals surface area contributed by atoms with Gasteiger partial charge in [0.05, 0.1) is 12.2 Å². The molecular formula is C12H23ClO. The van der Waals surface area contributed by atoms with E-state index in [1.165, 1.54) is 25.7 Å². The van der Waals surface area contributed by atoms with Crippen LogP contribution in [0, 0.1) is 5.41 Å². The summed E-state index contributed by atoms with van der Waals surface area (Å²) in [7, 11) is 0. The van der Waals surface area contributed by atoms with Crippen LogP contribution < -0.4 is 0 Å². The number of hydrogen-bond donors (Lipinski definition) is 0. The summed E-state index contributed by atoms with van der Waals surface area (Å²) in [5.74, 6) is 0.772. The molecule has 1 fully saturated rings. The third-order valence-electron chi connectivity index (χ3n) is 3.76. The Bertz CT molecular complexity index is 157. The molecule has 0 aliphatic carbocycles. The molecule has 1 saturated heterocycles. The van der Waals surface area contributed by atoms with Crippen LogP contribution in [0.2, 0.25) is 0 Å². The first kappa shape index (κ1) is 12.3. The summed E-state index contributed by atoms with van der Waals surface area (Å²) in [4.78, 5) is 0. The van der Waals surface area contributed by atoms with Gasteiger partial charge in [0.25, 0.3) is 0 Å². The molecule has 84 valence electrons. The predicted molar refractivity (Wildman–Crippen MR) is 61.9 cm³/mol. The molecule has 2 atom stereocenters. The average molecular weight is 219 g/mol. The van der Waals surface area contributed by atoms with Crippen LogP contribution in [0.1, 0.15) is 52.9 Å². The molecule has 0 aromatic rings. The van der Waals surface area contributed by atoms with E-state index in [1.807, 2.05) is 0 Å². The molecular weight excluding hydrogens is 196 g/mol. The van der Waals surface area contributed by atoms with Crippen molar-refractivity contribution >= 4 is 11.6 Å². The molecule has 1 aliphatic rings. The van der Waals surface area contributed by atoms with Gasteiger partial charge in [-0.1, -0.05) is 13.8 Å². The summed E-state index contributed by atoms with van der Waals surface area (Å²) in [6, 6.07) is 0. The Labute approximate surface area is 93.2 Å². The van der Waals surface area contributed by atoms with Gasteiger partial charge in [0.15, 0.2) is 0 Å². The Morgan fingerprint density at radius 1 is 1.29 bits per heavy atom. The van der Waals surface area contributed by atoms with Gasteiger partial charge in [-0.2, -0.15) is 0 Å². The third kappa shape index (κ3) is 2.87. The summed E-state index contributed by atoms with van der Waals surface area (Å²) in [5.41, 5.74) is 0.316. The SMILES string of the molecule is CCC(CC)(CCl)CC1CCC(C)O1. The van der Waals surface area contributed by atoms with Gasteiger partial charge in [0.1, 0.15) is 0 Å². The van der Waals surface area contributed by atoms with Gasteiger partial charge in [0, 0.05) is 5.88 Å². The van der Waals surface area contributed by atoms with Gasteiger partial charge in [-0.15, -0.1) is 11.6 Å². The first-order valence-corrected chi connectivity index (χ1v) is 6.40. The highest BCUT2D eigenvalue weighted by atomic mass is 35.5. The summed E-state index contributed by atoms with van der Waals surface area (Å²) >= 11 is 6.08. The minimum atomic E-state index is 0.316. The second-order valence-corrected chi connectivity index (χ2v) is 4.96. The lowest BCUT2D eigenvalue weighted by Crippen LogP contribution is -2.27. The van der Waals surface area contributed by atoms with Crippen molar-refractivity contribution in [3.05, 3.63) is 0 Å². The van der Waals surface area contributed by atoms with Crippen LogP contribution in [-0.2, 0) is 4.74 Å². The van der Waals surface area contributed by atoms with Crippen LogP contribution in [0.3, 0.4) is 0 Å². The van der Waals surface area contributed by atoms with Crippen LogP contribution in [-0.4, -0.2) is 18.1 Å². The van der Waals surface area contributed by atoms with Crippen LogP contribution in [0.5, 0.6) is 0 Å². The van der Waals surface area contributed by atoms with Crippen molar-refractivity contribution in [2.45, 2.75) is 65.1 Å². The highest BCUT2D eigenvalue weighted by Crippen LogP contribution is 2.37. The molecule has 2 heteroatoms. The van der Waals surface area contributed by atoms with Crippen molar-refractivity contribution in [1.29, 1.82) is 0 Å². The smallest absolute Gasteiger partial charge is 0.0585 e. The Kier molecular flexibility index (Phi) is 4.72. The lowest BCUT2D eigenvalue weighted by molar-refractivity contribution is 0.0240. The Balaban J connectivity index is 2.47. The first-order chi connectivity index (χ1) is 6.65. The lowest BCUT2D eigenvalue weighted by Gasteiger charge is -2.31. The largest absolute Gasteiger partial charge is 0.375 e. The molecule has 0 aromatic carbocycles. The molecule has 1 heterocycles. The molecule has 2 unspecified atom stereocenters. The average Bonchev–Trinajstić information content (AvgIpc) is 2.61. The highest BCUT2D eigenvalue weighted by Gasteiger charge is 2.32. The van der Waals surface area contributed by atoms with Crippen LogP contribution >= 0.6 is 11.6 Å². The summed E-state index contributed by atoms with van der Waals surface area (Å²) < 4.78 is 5.86. The van der Waals surface area contributed by atoms with Crippen molar-refractivity contribution in [3.63, 3.8) is 0 Å². The van der Waals surface area contributed by atoms with E-state index in [1.54, 1.807) is 0 Å². The molecule has 0 radical (unpaired) electrons. The number of ether oxygens (including phenoxy) is 1. The van der Waals surface area contributed by atoms with E-state index in [-0.39, 0.29) is 0 Å². The molecule has 0 saturated carbocycles. The predicted octanol–water partition coefficient (Wildman–Crippen LogP) is 3.99. The Hall–Kier alpha value is 0.250. The quantitative estimate of drug-likeness (QED) is 0.635. The van der Waals surface area contributed by atoms with Crippen LogP contribution in [0.25, 0.3) is 0 Å². The number of hydrogen-bond acceptors (Lipinski definition) is 1. The van der Waals surface area contributed by atoms with Crippen molar-refractivity contribution < 1.29 is 4.74 Å². The lowest BCUT2D eigenvalue weighted by atomic mass is 9.79. The van der Waals surface area contributed by atoms with Gasteiger partial charge in [0.2, 0.25) is 0 Å². The van der Waals surface area contributed by atoms with E-state index in [0.717, 1.165) is 12.3 Å². The van der Waals surface area contributed by atoms with Gasteiger partial charge in [-0.05, 0) is 44.4 Å². The summed E-state index contributed by atoms with van der Waals surface area (Å²) in [5, 5.41) is 0. The van der Waals surface area contributed by atoms with Crippen molar-refractivity contribution in [2.75, 3.05) is 5.88 Å². The van der Waals surface area contributed by atoms with Gasteiger partial charge >= 0.3 is 0 Å². The second-order valence-electron chi connectivity index (χ2n) is 4.69. The molecule has 0 N–H and O–H groups in total. The molecule has 0 aromatic heterocycles. The van der Waals surface area contributed by atoms with E-state index in [4.69, 9.17) is 16.3 Å². The fourth-order valence-electron chi connectivity index (χ4n) is 2.30. The molecule has 0 bridgehead atoms. The topological polar surface area (TPSA) is 9.23 Å². The molecule has 1 rings (SSSR count). The highest BCUT2D eigenvalue weighted by molar-refractivity contribution is 6.18. The van der Waals surface area contributed by atoms with E-state index < -0.39 is 0 Å². The second kappa shape index (κ2) is 5.37. The maximum absolute atomic E-state index is 6.08. The summed E-state index contributed by atoms with van der Waals surface area (Å²) in [6.07, 6.45) is 6.84. The third-order valence-corrected chi connectivity index (χ3v) is 4.33. The first-order valence-electron chi connectivity index (χ1n) is 5.87. The minimum absolute atomic E-state index is 0.316. The Morgan fingerprint density at radius 3 is 2.29 bits per heavy atom. The van der Waals surface area contributed by atoms with Crippen molar-refractivity contribution in [1.82, 2.24) is 0 Å². The van der Waals surface area contributed by atoms with E-state index in [9.17, 15) is 0 Å². The van der Waals surface area contributed by atoms with Gasteiger partial charge in [-0.3, -0.25) is 0 Å². The summed E-state index contributed by atoms with van der Waals surface area (Å²) in [6.45, 7) is 6.65. The monoisotopic (exact) mass is 218 g/mol. The molecule has 0 amide bonds. The maximum atomic E-state index is 6.08. The van der Waals surface area contributed by atoms with Crippen molar-refractivity contribution in [3.8, 4) is 0 Å². The van der Waals surface area contributed by atoms with Gasteiger partial charge < -0.3 is 4.74 Å². The maximum Gasteiger partial charge on any atom is 0.0585 e. The fourth-order valence-corrected chi connectivity index (χ4v) is 2.79. The van der Waals surface area contributed by atoms with E-state index in [0.29, 0.717) is 17.6 Å². The molecule has 14 heavy (non-hydrogen) atoms. The van der Waals surface area contributed by atoms with E-state index >= 15 is 0 Å². The number of alkyl halides is 1. The van der Waals surface area contributed by atoms with Crippen LogP contribution in [0.15, 0.2) is 0 Å². The van der Waals surface area contributed by atoms with Crippen molar-refractivity contribution in [2.24, 2.45) is 5.41 Å². The molecule has 0 spiro atoms. The van der Waals surface area contributed by atoms with E-state index in [2.05, 4.69) is 20.8 Å². The van der Waals surface area contributed by atoms with Gasteiger partial charge in [-0.25, -0.2) is 0 Å². The number of rotatable bonds is 5. The molecule has 1 nitrogen and oxygen atoms in total. The Morgan fingerprint density at radius 2 is 1.93 bits per heavy atom. The molecule has 1 aliphatic heterocycles. The number of halogens is 1.